The number of rotatable bonds is 9. The average molecular weight is 403 g/mol. The molecule has 2 N–H and O–H groups in total. The first-order valence-electron chi connectivity index (χ1n) is 8.57. The lowest BCUT2D eigenvalue weighted by atomic mass is 10.1. The lowest BCUT2D eigenvalue weighted by Gasteiger charge is -2.11. The van der Waals surface area contributed by atoms with E-state index in [4.69, 9.17) is 0 Å². The van der Waals surface area contributed by atoms with Crippen LogP contribution in [0.4, 0.5) is 5.69 Å². The Morgan fingerprint density at radius 2 is 1.96 bits per heavy atom. The van der Waals surface area contributed by atoms with Crippen LogP contribution in [0.15, 0.2) is 29.2 Å². The summed E-state index contributed by atoms with van der Waals surface area (Å²) in [6.07, 6.45) is 4.92. The topological polar surface area (TPSA) is 75.3 Å². The second-order valence-electron chi connectivity index (χ2n) is 6.42. The average Bonchev–Trinajstić information content (AvgIpc) is 3.04. The number of hydrogen-bond acceptors (Lipinski definition) is 5. The molecule has 1 fully saturated rings. The van der Waals surface area contributed by atoms with Gasteiger partial charge in [-0.15, -0.1) is 0 Å². The second-order valence-corrected chi connectivity index (χ2v) is 10.9. The first-order valence-corrected chi connectivity index (χ1v) is 12.4. The third-order valence-corrected chi connectivity index (χ3v) is 8.43. The van der Waals surface area contributed by atoms with E-state index in [2.05, 4.69) is 10.0 Å². The van der Waals surface area contributed by atoms with Gasteiger partial charge in [0.2, 0.25) is 15.9 Å². The third-order valence-electron chi connectivity index (χ3n) is 3.75. The molecule has 2 rings (SSSR count). The number of unbranched alkanes of at least 4 members (excludes halogenated alkanes) is 1. The Morgan fingerprint density at radius 1 is 1.24 bits per heavy atom. The molecule has 0 unspecified atom stereocenters. The van der Waals surface area contributed by atoms with Crippen molar-refractivity contribution in [3.8, 4) is 0 Å². The van der Waals surface area contributed by atoms with Gasteiger partial charge in [0.25, 0.3) is 0 Å². The minimum atomic E-state index is -3.50. The monoisotopic (exact) mass is 402 g/mol. The fourth-order valence-electron chi connectivity index (χ4n) is 2.54. The van der Waals surface area contributed by atoms with E-state index in [0.717, 1.165) is 18.1 Å². The Bertz CT molecular complexity index is 654. The van der Waals surface area contributed by atoms with Gasteiger partial charge in [-0.25, -0.2) is 13.1 Å². The number of benzene rings is 1. The van der Waals surface area contributed by atoms with Crippen LogP contribution in [0.1, 0.15) is 46.0 Å². The molecule has 25 heavy (non-hydrogen) atoms. The first kappa shape index (κ1) is 20.6. The van der Waals surface area contributed by atoms with Gasteiger partial charge in [0.05, 0.1) is 4.90 Å². The van der Waals surface area contributed by atoms with Crippen molar-refractivity contribution in [1.82, 2.24) is 4.72 Å². The van der Waals surface area contributed by atoms with Crippen LogP contribution in [0.2, 0.25) is 0 Å². The standard InChI is InChI=1S/C17H26N2O3S3/c1-13(2)19-25(21,22)16-9-7-14(8-10-16)18-17(20)6-4-3-5-15-11-12-23-24-15/h7-10,13,15,19H,3-6,11-12H2,1-2H3,(H,18,20)/t15-/m0/s1. The van der Waals surface area contributed by atoms with Crippen molar-refractivity contribution < 1.29 is 13.2 Å². The van der Waals surface area contributed by atoms with Crippen LogP contribution >= 0.6 is 21.6 Å². The molecule has 8 heteroatoms. The molecule has 0 radical (unpaired) electrons. The molecule has 1 amide bonds. The molecular weight excluding hydrogens is 376 g/mol. The smallest absolute Gasteiger partial charge is 0.240 e. The van der Waals surface area contributed by atoms with Crippen molar-refractivity contribution in [3.05, 3.63) is 24.3 Å². The highest BCUT2D eigenvalue weighted by Gasteiger charge is 2.16. The maximum Gasteiger partial charge on any atom is 0.240 e. The van der Waals surface area contributed by atoms with Crippen LogP contribution in [0, 0.1) is 0 Å². The van der Waals surface area contributed by atoms with Crippen molar-refractivity contribution in [2.45, 2.75) is 62.1 Å². The molecule has 1 aromatic rings. The minimum absolute atomic E-state index is 0.0237. The minimum Gasteiger partial charge on any atom is -0.326 e. The Hall–Kier alpha value is -0.700. The zero-order chi connectivity index (χ0) is 18.3. The summed E-state index contributed by atoms with van der Waals surface area (Å²) in [6, 6.07) is 6.11. The van der Waals surface area contributed by atoms with E-state index in [-0.39, 0.29) is 16.8 Å². The molecule has 1 saturated heterocycles. The highest BCUT2D eigenvalue weighted by Crippen LogP contribution is 2.39. The number of carbonyl (C=O) groups excluding carboxylic acids is 1. The third kappa shape index (κ3) is 7.21. The molecular formula is C17H26N2O3S3. The van der Waals surface area contributed by atoms with Crippen LogP contribution in [0.25, 0.3) is 0 Å². The predicted molar refractivity (Wildman–Crippen MR) is 107 cm³/mol. The van der Waals surface area contributed by atoms with Gasteiger partial charge in [-0.05, 0) is 57.4 Å². The Balaban J connectivity index is 1.75. The zero-order valence-electron chi connectivity index (χ0n) is 14.7. The molecule has 1 aliphatic heterocycles. The van der Waals surface area contributed by atoms with E-state index in [1.165, 1.54) is 30.7 Å². The van der Waals surface area contributed by atoms with Gasteiger partial charge in [-0.2, -0.15) is 0 Å². The molecule has 140 valence electrons. The molecule has 0 spiro atoms. The summed E-state index contributed by atoms with van der Waals surface area (Å²) in [7, 11) is 0.420. The molecule has 5 nitrogen and oxygen atoms in total. The van der Waals surface area contributed by atoms with Crippen LogP contribution in [-0.2, 0) is 14.8 Å². The summed E-state index contributed by atoms with van der Waals surface area (Å²) in [5.41, 5.74) is 0.622. The largest absolute Gasteiger partial charge is 0.326 e. The zero-order valence-corrected chi connectivity index (χ0v) is 17.1. The van der Waals surface area contributed by atoms with E-state index in [0.29, 0.717) is 12.1 Å². The fraction of sp³-hybridized carbons (Fsp3) is 0.588. The maximum absolute atomic E-state index is 12.1. The fourth-order valence-corrected chi connectivity index (χ4v) is 6.82. The van der Waals surface area contributed by atoms with Gasteiger partial charge in [0.15, 0.2) is 0 Å². The number of amides is 1. The van der Waals surface area contributed by atoms with E-state index in [9.17, 15) is 13.2 Å². The Labute approximate surface area is 158 Å². The SMILES string of the molecule is CC(C)NS(=O)(=O)c1ccc(NC(=O)CCCC[C@H]2CCSS2)cc1. The molecule has 0 aliphatic carbocycles. The normalized spacial score (nSPS) is 17.8. The number of sulfonamides is 1. The van der Waals surface area contributed by atoms with E-state index in [1.54, 1.807) is 26.0 Å². The van der Waals surface area contributed by atoms with Crippen molar-refractivity contribution >= 4 is 43.2 Å². The summed E-state index contributed by atoms with van der Waals surface area (Å²) >= 11 is 0. The summed E-state index contributed by atoms with van der Waals surface area (Å²) in [5.74, 6) is 1.22. The van der Waals surface area contributed by atoms with Gasteiger partial charge < -0.3 is 5.32 Å². The molecule has 0 bridgehead atoms. The molecule has 1 heterocycles. The summed E-state index contributed by atoms with van der Waals surface area (Å²) in [6.45, 7) is 3.55. The highest BCUT2D eigenvalue weighted by molar-refractivity contribution is 8.77. The van der Waals surface area contributed by atoms with Gasteiger partial charge in [-0.1, -0.05) is 28.0 Å². The molecule has 1 atom stereocenters. The number of anilines is 1. The van der Waals surface area contributed by atoms with Crippen LogP contribution in [0.3, 0.4) is 0 Å². The number of hydrogen-bond donors (Lipinski definition) is 2. The van der Waals surface area contributed by atoms with Crippen molar-refractivity contribution in [3.63, 3.8) is 0 Å². The molecule has 1 aliphatic rings. The number of nitrogens with one attached hydrogen (secondary N) is 2. The van der Waals surface area contributed by atoms with Crippen LogP contribution in [-0.4, -0.2) is 31.4 Å². The predicted octanol–water partition coefficient (Wildman–Crippen LogP) is 4.03. The maximum atomic E-state index is 12.1. The lowest BCUT2D eigenvalue weighted by molar-refractivity contribution is -0.116. The quantitative estimate of drug-likeness (QED) is 0.482. The van der Waals surface area contributed by atoms with Crippen LogP contribution < -0.4 is 10.0 Å². The summed E-state index contributed by atoms with van der Waals surface area (Å²) in [5, 5.41) is 3.58. The van der Waals surface area contributed by atoms with E-state index in [1.807, 2.05) is 21.6 Å². The van der Waals surface area contributed by atoms with Gasteiger partial charge in [0, 0.05) is 29.2 Å². The van der Waals surface area contributed by atoms with E-state index < -0.39 is 10.0 Å². The lowest BCUT2D eigenvalue weighted by Crippen LogP contribution is -2.30. The molecule has 1 aromatic carbocycles. The highest BCUT2D eigenvalue weighted by atomic mass is 33.1. The molecule has 0 aromatic heterocycles. The van der Waals surface area contributed by atoms with Gasteiger partial charge in [-0.3, -0.25) is 4.79 Å². The van der Waals surface area contributed by atoms with Crippen molar-refractivity contribution in [1.29, 1.82) is 0 Å². The van der Waals surface area contributed by atoms with Crippen molar-refractivity contribution in [2.75, 3.05) is 11.1 Å². The van der Waals surface area contributed by atoms with Gasteiger partial charge in [0.1, 0.15) is 0 Å². The van der Waals surface area contributed by atoms with Crippen molar-refractivity contribution in [2.24, 2.45) is 0 Å². The Morgan fingerprint density at radius 3 is 2.56 bits per heavy atom. The summed E-state index contributed by atoms with van der Waals surface area (Å²) < 4.78 is 26.7. The van der Waals surface area contributed by atoms with Crippen LogP contribution in [0.5, 0.6) is 0 Å². The molecule has 0 saturated carbocycles. The second kappa shape index (κ2) is 9.85. The van der Waals surface area contributed by atoms with Gasteiger partial charge >= 0.3 is 0 Å². The number of carbonyl (C=O) groups is 1. The summed E-state index contributed by atoms with van der Waals surface area (Å²) in [4.78, 5) is 12.2. The van der Waals surface area contributed by atoms with E-state index >= 15 is 0 Å². The Kier molecular flexibility index (Phi) is 8.12. The first-order chi connectivity index (χ1) is 11.9.